The minimum atomic E-state index is 0.553. The zero-order valence-corrected chi connectivity index (χ0v) is 21.0. The average molecular weight is 463 g/mol. The Balaban J connectivity index is 1.08. The minimum Gasteiger partial charge on any atom is -0.372 e. The van der Waals surface area contributed by atoms with E-state index in [0.717, 1.165) is 45.6 Å². The molecule has 0 radical (unpaired) electrons. The molecule has 1 heterocycles. The highest BCUT2D eigenvalue weighted by Crippen LogP contribution is 2.36. The van der Waals surface area contributed by atoms with Crippen LogP contribution >= 0.6 is 0 Å². The van der Waals surface area contributed by atoms with Gasteiger partial charge in [-0.3, -0.25) is 4.90 Å². The van der Waals surface area contributed by atoms with Crippen LogP contribution < -0.4 is 0 Å². The van der Waals surface area contributed by atoms with E-state index in [1.54, 1.807) is 0 Å². The first-order valence-corrected chi connectivity index (χ1v) is 13.3. The van der Waals surface area contributed by atoms with E-state index in [9.17, 15) is 0 Å². The van der Waals surface area contributed by atoms with Gasteiger partial charge in [-0.1, -0.05) is 104 Å². The van der Waals surface area contributed by atoms with Crippen molar-refractivity contribution in [2.75, 3.05) is 32.7 Å². The molecule has 2 atom stereocenters. The SMILES string of the molecule is CC1C=CC=C2C=CC=C(N3CCN(CCc4ccc(/C=C\Cc5ccccc5)cc4)CC3)C2C1. The van der Waals surface area contributed by atoms with Crippen molar-refractivity contribution in [2.24, 2.45) is 11.8 Å². The molecule has 5 rings (SSSR count). The number of piperazine rings is 1. The van der Waals surface area contributed by atoms with Crippen molar-refractivity contribution in [2.45, 2.75) is 26.2 Å². The number of allylic oxidation sites excluding steroid dienone is 8. The Labute approximate surface area is 211 Å². The molecule has 3 aliphatic rings. The maximum atomic E-state index is 2.65. The highest BCUT2D eigenvalue weighted by atomic mass is 15.3. The van der Waals surface area contributed by atoms with Gasteiger partial charge in [0, 0.05) is 44.3 Å². The molecule has 2 aromatic carbocycles. The third-order valence-corrected chi connectivity index (χ3v) is 7.59. The van der Waals surface area contributed by atoms with Crippen LogP contribution in [0.2, 0.25) is 0 Å². The second-order valence-electron chi connectivity index (χ2n) is 10.2. The van der Waals surface area contributed by atoms with Gasteiger partial charge in [-0.25, -0.2) is 0 Å². The Morgan fingerprint density at radius 2 is 1.66 bits per heavy atom. The van der Waals surface area contributed by atoms with Crippen LogP contribution in [0.1, 0.15) is 30.0 Å². The predicted octanol–water partition coefficient (Wildman–Crippen LogP) is 6.69. The lowest BCUT2D eigenvalue weighted by Gasteiger charge is -2.41. The standard InChI is InChI=1S/C33H38N2/c1-27-8-5-13-31-14-7-15-33(32(31)26-27)35-24-22-34(23-25-35)21-20-30-18-16-29(17-19-30)12-6-11-28-9-3-2-4-10-28/h2-10,12-19,27,32H,11,20-26H2,1H3/b12-6-. The summed E-state index contributed by atoms with van der Waals surface area (Å²) in [7, 11) is 0. The molecule has 2 unspecified atom stereocenters. The Morgan fingerprint density at radius 1 is 0.857 bits per heavy atom. The van der Waals surface area contributed by atoms with Crippen LogP contribution in [0, 0.1) is 11.8 Å². The summed E-state index contributed by atoms with van der Waals surface area (Å²) in [5.41, 5.74) is 7.08. The summed E-state index contributed by atoms with van der Waals surface area (Å²) in [6, 6.07) is 19.7. The number of nitrogens with zero attached hydrogens (tertiary/aromatic N) is 2. The smallest absolute Gasteiger partial charge is 0.0303 e. The molecule has 2 nitrogen and oxygen atoms in total. The van der Waals surface area contributed by atoms with Crippen LogP contribution in [-0.4, -0.2) is 42.5 Å². The van der Waals surface area contributed by atoms with Crippen molar-refractivity contribution in [3.63, 3.8) is 0 Å². The molecule has 2 aromatic rings. The fourth-order valence-corrected chi connectivity index (χ4v) is 5.48. The first-order chi connectivity index (χ1) is 17.2. The highest BCUT2D eigenvalue weighted by molar-refractivity contribution is 5.50. The molecular weight excluding hydrogens is 424 g/mol. The van der Waals surface area contributed by atoms with Crippen molar-refractivity contribution >= 4 is 6.08 Å². The van der Waals surface area contributed by atoms with Crippen LogP contribution in [0.5, 0.6) is 0 Å². The van der Waals surface area contributed by atoms with E-state index < -0.39 is 0 Å². The van der Waals surface area contributed by atoms with Crippen molar-refractivity contribution < 1.29 is 0 Å². The fraction of sp³-hybridized carbons (Fsp3) is 0.333. The van der Waals surface area contributed by atoms with Crippen LogP contribution in [0.15, 0.2) is 108 Å². The van der Waals surface area contributed by atoms with Crippen LogP contribution in [0.25, 0.3) is 6.08 Å². The van der Waals surface area contributed by atoms with Gasteiger partial charge in [0.05, 0.1) is 0 Å². The van der Waals surface area contributed by atoms with Crippen LogP contribution in [0.4, 0.5) is 0 Å². The zero-order valence-electron chi connectivity index (χ0n) is 21.0. The Kier molecular flexibility index (Phi) is 7.80. The van der Waals surface area contributed by atoms with Crippen molar-refractivity contribution in [1.82, 2.24) is 9.80 Å². The lowest BCUT2D eigenvalue weighted by atomic mass is 9.84. The Hall–Kier alpha value is -3.10. The molecule has 0 bridgehead atoms. The van der Waals surface area contributed by atoms with E-state index in [0.29, 0.717) is 11.8 Å². The van der Waals surface area contributed by atoms with Crippen LogP contribution in [-0.2, 0) is 12.8 Å². The Bertz CT molecular complexity index is 1110. The molecule has 0 N–H and O–H groups in total. The molecule has 1 aliphatic heterocycles. The first kappa shape index (κ1) is 23.6. The van der Waals surface area contributed by atoms with Gasteiger partial charge in [-0.2, -0.15) is 0 Å². The maximum Gasteiger partial charge on any atom is 0.0303 e. The first-order valence-electron chi connectivity index (χ1n) is 13.3. The zero-order chi connectivity index (χ0) is 23.9. The third-order valence-electron chi connectivity index (χ3n) is 7.59. The topological polar surface area (TPSA) is 6.48 Å². The molecule has 0 spiro atoms. The van der Waals surface area contributed by atoms with Gasteiger partial charge in [0.2, 0.25) is 0 Å². The van der Waals surface area contributed by atoms with Gasteiger partial charge in [0.15, 0.2) is 0 Å². The van der Waals surface area contributed by atoms with Gasteiger partial charge in [-0.05, 0) is 53.5 Å². The molecule has 35 heavy (non-hydrogen) atoms. The molecule has 2 aliphatic carbocycles. The van der Waals surface area contributed by atoms with E-state index in [1.807, 2.05) is 0 Å². The molecule has 2 heteroatoms. The summed E-state index contributed by atoms with van der Waals surface area (Å²) in [5, 5.41) is 0. The van der Waals surface area contributed by atoms with Gasteiger partial charge in [-0.15, -0.1) is 0 Å². The molecule has 180 valence electrons. The van der Waals surface area contributed by atoms with Crippen molar-refractivity contribution in [3.05, 3.63) is 125 Å². The Morgan fingerprint density at radius 3 is 2.46 bits per heavy atom. The number of hydrogen-bond acceptors (Lipinski definition) is 2. The van der Waals surface area contributed by atoms with Gasteiger partial charge in [0.1, 0.15) is 0 Å². The van der Waals surface area contributed by atoms with Crippen molar-refractivity contribution in [3.8, 4) is 0 Å². The summed E-state index contributed by atoms with van der Waals surface area (Å²) in [4.78, 5) is 5.28. The van der Waals surface area contributed by atoms with E-state index in [4.69, 9.17) is 0 Å². The number of rotatable bonds is 7. The van der Waals surface area contributed by atoms with Gasteiger partial charge < -0.3 is 4.90 Å². The van der Waals surface area contributed by atoms with Crippen LogP contribution in [0.3, 0.4) is 0 Å². The number of benzene rings is 2. The third kappa shape index (κ3) is 6.32. The maximum absolute atomic E-state index is 2.65. The summed E-state index contributed by atoms with van der Waals surface area (Å²) >= 11 is 0. The molecule has 1 saturated heterocycles. The monoisotopic (exact) mass is 462 g/mol. The highest BCUT2D eigenvalue weighted by Gasteiger charge is 2.28. The van der Waals surface area contributed by atoms with E-state index in [-0.39, 0.29) is 0 Å². The van der Waals surface area contributed by atoms with E-state index >= 15 is 0 Å². The van der Waals surface area contributed by atoms with E-state index in [1.165, 1.54) is 34.4 Å². The normalized spacial score (nSPS) is 22.6. The number of fused-ring (bicyclic) bond motifs is 1. The van der Waals surface area contributed by atoms with E-state index in [2.05, 4.69) is 120 Å². The number of hydrogen-bond donors (Lipinski definition) is 0. The quantitative estimate of drug-likeness (QED) is 0.452. The second kappa shape index (κ2) is 11.6. The second-order valence-corrected chi connectivity index (χ2v) is 10.2. The minimum absolute atomic E-state index is 0.553. The molecule has 0 aromatic heterocycles. The molecule has 1 fully saturated rings. The van der Waals surface area contributed by atoms with Crippen molar-refractivity contribution in [1.29, 1.82) is 0 Å². The van der Waals surface area contributed by atoms with Gasteiger partial charge in [0.25, 0.3) is 0 Å². The lowest BCUT2D eigenvalue weighted by Crippen LogP contribution is -2.47. The largest absolute Gasteiger partial charge is 0.372 e. The van der Waals surface area contributed by atoms with Gasteiger partial charge >= 0.3 is 0 Å². The summed E-state index contributed by atoms with van der Waals surface area (Å²) in [5.74, 6) is 1.19. The molecule has 0 amide bonds. The predicted molar refractivity (Wildman–Crippen MR) is 149 cm³/mol. The molecule has 0 saturated carbocycles. The summed E-state index contributed by atoms with van der Waals surface area (Å²) < 4.78 is 0. The lowest BCUT2D eigenvalue weighted by molar-refractivity contribution is 0.150. The fourth-order valence-electron chi connectivity index (χ4n) is 5.48. The molecular formula is C33H38N2. The average Bonchev–Trinajstić information content (AvgIpc) is 3.10. The summed E-state index contributed by atoms with van der Waals surface area (Å²) in [6.07, 6.45) is 21.6. The summed E-state index contributed by atoms with van der Waals surface area (Å²) in [6.45, 7) is 8.06.